The average molecular weight is 661 g/mol. The Balaban J connectivity index is 1.46. The van der Waals surface area contributed by atoms with E-state index in [9.17, 15) is 14.4 Å². The van der Waals surface area contributed by atoms with Gasteiger partial charge in [-0.15, -0.1) is 0 Å². The number of imide groups is 2. The maximum absolute atomic E-state index is 13.4. The van der Waals surface area contributed by atoms with Crippen LogP contribution in [0.4, 0.5) is 10.5 Å². The Hall–Kier alpha value is -4.18. The number of barbiturate groups is 1. The lowest BCUT2D eigenvalue weighted by atomic mass is 10.0. The van der Waals surface area contributed by atoms with Gasteiger partial charge >= 0.3 is 6.03 Å². The van der Waals surface area contributed by atoms with Crippen LogP contribution in [0.25, 0.3) is 16.8 Å². The van der Waals surface area contributed by atoms with E-state index in [1.54, 1.807) is 18.2 Å². The standard InChI is InChI=1S/C33H29IN2O5/c1-4-21-11-14-24(15-12-21)36-32(38)26(31(37)35-33(36)39)16-22-17-28(34)30(29(18-22)40-5-2)41-19-27-20(3)10-13-23-8-6-7-9-25(23)27/h6-18H,4-5,19H2,1-3H3,(H,35,37,39)/b26-16+. The molecule has 0 bridgehead atoms. The first-order chi connectivity index (χ1) is 19.8. The third-order valence-electron chi connectivity index (χ3n) is 6.98. The number of anilines is 1. The van der Waals surface area contributed by atoms with Crippen molar-refractivity contribution in [2.45, 2.75) is 33.8 Å². The van der Waals surface area contributed by atoms with Gasteiger partial charge < -0.3 is 9.47 Å². The smallest absolute Gasteiger partial charge is 0.335 e. The Kier molecular flexibility index (Phi) is 8.39. The summed E-state index contributed by atoms with van der Waals surface area (Å²) in [5, 5.41) is 4.56. The number of ether oxygens (including phenoxy) is 2. The van der Waals surface area contributed by atoms with Crippen LogP contribution in [0.2, 0.25) is 0 Å². The summed E-state index contributed by atoms with van der Waals surface area (Å²) in [5.41, 5.74) is 4.10. The molecule has 7 nitrogen and oxygen atoms in total. The van der Waals surface area contributed by atoms with E-state index in [-0.39, 0.29) is 5.57 Å². The Morgan fingerprint density at radius 1 is 0.927 bits per heavy atom. The lowest BCUT2D eigenvalue weighted by Crippen LogP contribution is -2.54. The van der Waals surface area contributed by atoms with Gasteiger partial charge in [-0.25, -0.2) is 9.69 Å². The third kappa shape index (κ3) is 5.83. The molecule has 0 saturated carbocycles. The minimum atomic E-state index is -0.779. The molecular formula is C33H29IN2O5. The van der Waals surface area contributed by atoms with Crippen molar-refractivity contribution in [3.63, 3.8) is 0 Å². The number of hydrogen-bond acceptors (Lipinski definition) is 5. The van der Waals surface area contributed by atoms with Crippen molar-refractivity contribution < 1.29 is 23.9 Å². The number of amides is 4. The molecule has 5 rings (SSSR count). The number of urea groups is 1. The fourth-order valence-corrected chi connectivity index (χ4v) is 5.58. The van der Waals surface area contributed by atoms with Crippen molar-refractivity contribution in [3.05, 3.63) is 104 Å². The zero-order valence-electron chi connectivity index (χ0n) is 23.0. The first kappa shape index (κ1) is 28.4. The normalized spacial score (nSPS) is 14.5. The van der Waals surface area contributed by atoms with Crippen LogP contribution in [0.1, 0.15) is 36.1 Å². The van der Waals surface area contributed by atoms with Crippen molar-refractivity contribution in [2.75, 3.05) is 11.5 Å². The van der Waals surface area contributed by atoms with Crippen molar-refractivity contribution in [1.29, 1.82) is 0 Å². The van der Waals surface area contributed by atoms with E-state index < -0.39 is 17.8 Å². The van der Waals surface area contributed by atoms with Crippen LogP contribution in [0.15, 0.2) is 78.4 Å². The number of nitrogens with one attached hydrogen (secondary N) is 1. The number of nitrogens with zero attached hydrogens (tertiary/aromatic N) is 1. The molecule has 0 radical (unpaired) electrons. The second-order valence-corrected chi connectivity index (χ2v) is 10.8. The number of fused-ring (bicyclic) bond motifs is 1. The highest BCUT2D eigenvalue weighted by atomic mass is 127. The van der Waals surface area contributed by atoms with Crippen LogP contribution in [0.5, 0.6) is 11.5 Å². The van der Waals surface area contributed by atoms with Gasteiger partial charge in [0.05, 0.1) is 15.9 Å². The molecule has 4 amide bonds. The molecular weight excluding hydrogens is 631 g/mol. The van der Waals surface area contributed by atoms with Gasteiger partial charge in [0.25, 0.3) is 11.8 Å². The minimum Gasteiger partial charge on any atom is -0.490 e. The summed E-state index contributed by atoms with van der Waals surface area (Å²) >= 11 is 2.16. The van der Waals surface area contributed by atoms with Crippen LogP contribution in [-0.4, -0.2) is 24.5 Å². The lowest BCUT2D eigenvalue weighted by Gasteiger charge is -2.26. The predicted molar refractivity (Wildman–Crippen MR) is 168 cm³/mol. The van der Waals surface area contributed by atoms with Crippen molar-refractivity contribution in [3.8, 4) is 11.5 Å². The van der Waals surface area contributed by atoms with Gasteiger partial charge in [0, 0.05) is 5.56 Å². The predicted octanol–water partition coefficient (Wildman–Crippen LogP) is 6.96. The monoisotopic (exact) mass is 660 g/mol. The summed E-state index contributed by atoms with van der Waals surface area (Å²) < 4.78 is 13.0. The highest BCUT2D eigenvalue weighted by Gasteiger charge is 2.36. The molecule has 0 aromatic heterocycles. The van der Waals surface area contributed by atoms with Gasteiger partial charge in [-0.1, -0.05) is 55.5 Å². The first-order valence-corrected chi connectivity index (χ1v) is 14.4. The number of aryl methyl sites for hydroxylation is 2. The number of rotatable bonds is 8. The fraction of sp³-hybridized carbons (Fsp3) is 0.182. The Morgan fingerprint density at radius 2 is 1.68 bits per heavy atom. The molecule has 0 atom stereocenters. The van der Waals surface area contributed by atoms with Crippen LogP contribution in [0, 0.1) is 10.5 Å². The highest BCUT2D eigenvalue weighted by molar-refractivity contribution is 14.1. The number of carbonyl (C=O) groups excluding carboxylic acids is 3. The third-order valence-corrected chi connectivity index (χ3v) is 7.78. The molecule has 1 fully saturated rings. The SMILES string of the molecule is CCOc1cc(/C=C2\C(=O)NC(=O)N(c3ccc(CC)cc3)C2=O)cc(I)c1OCc1c(C)ccc2ccccc12. The molecule has 4 aromatic carbocycles. The van der Waals surface area contributed by atoms with Crippen LogP contribution >= 0.6 is 22.6 Å². The van der Waals surface area contributed by atoms with Crippen molar-refractivity contribution in [2.24, 2.45) is 0 Å². The Labute approximate surface area is 252 Å². The summed E-state index contributed by atoms with van der Waals surface area (Å²) in [6.45, 7) is 6.70. The molecule has 41 heavy (non-hydrogen) atoms. The van der Waals surface area contributed by atoms with E-state index in [2.05, 4.69) is 59.1 Å². The number of hydrogen-bond donors (Lipinski definition) is 1. The number of carbonyl (C=O) groups is 3. The number of halogens is 1. The zero-order valence-corrected chi connectivity index (χ0v) is 25.2. The van der Waals surface area contributed by atoms with Crippen molar-refractivity contribution in [1.82, 2.24) is 5.32 Å². The van der Waals surface area contributed by atoms with Gasteiger partial charge in [0.1, 0.15) is 12.2 Å². The summed E-state index contributed by atoms with van der Waals surface area (Å²) in [5.74, 6) is -0.367. The molecule has 4 aromatic rings. The van der Waals surface area contributed by atoms with E-state index >= 15 is 0 Å². The molecule has 208 valence electrons. The summed E-state index contributed by atoms with van der Waals surface area (Å²) in [4.78, 5) is 39.7. The van der Waals surface area contributed by atoms with Crippen LogP contribution in [-0.2, 0) is 22.6 Å². The molecule has 0 spiro atoms. The molecule has 1 heterocycles. The second-order valence-electron chi connectivity index (χ2n) is 9.61. The lowest BCUT2D eigenvalue weighted by molar-refractivity contribution is -0.122. The summed E-state index contributed by atoms with van der Waals surface area (Å²) in [6.07, 6.45) is 2.30. The van der Waals surface area contributed by atoms with Gasteiger partial charge in [-0.2, -0.15) is 0 Å². The fourth-order valence-electron chi connectivity index (χ4n) is 4.79. The molecule has 1 N–H and O–H groups in total. The maximum atomic E-state index is 13.4. The largest absolute Gasteiger partial charge is 0.490 e. The molecule has 8 heteroatoms. The van der Waals surface area contributed by atoms with E-state index in [4.69, 9.17) is 9.47 Å². The Bertz CT molecular complexity index is 1690. The van der Waals surface area contributed by atoms with E-state index in [1.807, 2.05) is 44.2 Å². The molecule has 0 aliphatic carbocycles. The van der Waals surface area contributed by atoms with E-state index in [1.165, 1.54) is 6.08 Å². The Morgan fingerprint density at radius 3 is 2.41 bits per heavy atom. The second kappa shape index (κ2) is 12.1. The van der Waals surface area contributed by atoms with Crippen LogP contribution in [0.3, 0.4) is 0 Å². The minimum absolute atomic E-state index is 0.150. The van der Waals surface area contributed by atoms with Gasteiger partial charge in [0.15, 0.2) is 11.5 Å². The highest BCUT2D eigenvalue weighted by Crippen LogP contribution is 2.37. The van der Waals surface area contributed by atoms with Crippen molar-refractivity contribution >= 4 is 63.0 Å². The molecule has 1 saturated heterocycles. The maximum Gasteiger partial charge on any atom is 0.335 e. The van der Waals surface area contributed by atoms with Gasteiger partial charge in [0.2, 0.25) is 0 Å². The van der Waals surface area contributed by atoms with E-state index in [0.29, 0.717) is 36.0 Å². The molecule has 0 unspecified atom stereocenters. The zero-order chi connectivity index (χ0) is 29.1. The topological polar surface area (TPSA) is 84.9 Å². The van der Waals surface area contributed by atoms with Crippen LogP contribution < -0.4 is 19.7 Å². The summed E-state index contributed by atoms with van der Waals surface area (Å²) in [7, 11) is 0. The molecule has 1 aliphatic rings. The summed E-state index contributed by atoms with van der Waals surface area (Å²) in [6, 6.07) is 22.3. The first-order valence-electron chi connectivity index (χ1n) is 13.4. The van der Waals surface area contributed by atoms with E-state index in [0.717, 1.165) is 42.4 Å². The number of benzene rings is 4. The van der Waals surface area contributed by atoms with Gasteiger partial charge in [-0.05, 0) is 101 Å². The quantitative estimate of drug-likeness (QED) is 0.126. The van der Waals surface area contributed by atoms with Gasteiger partial charge in [-0.3, -0.25) is 14.9 Å². The molecule has 1 aliphatic heterocycles. The average Bonchev–Trinajstić information content (AvgIpc) is 2.96.